The van der Waals surface area contributed by atoms with E-state index in [0.29, 0.717) is 15.7 Å². The zero-order chi connectivity index (χ0) is 17.6. The van der Waals surface area contributed by atoms with Crippen LogP contribution in [0.4, 0.5) is 4.39 Å². The lowest BCUT2D eigenvalue weighted by atomic mass is 10.2. The molecule has 8 heteroatoms. The van der Waals surface area contributed by atoms with Crippen LogP contribution in [0.2, 0.25) is 5.02 Å². The van der Waals surface area contributed by atoms with Crippen LogP contribution >= 0.6 is 23.4 Å². The Morgan fingerprint density at radius 2 is 1.96 bits per heavy atom. The molecule has 5 nitrogen and oxygen atoms in total. The zero-order valence-corrected chi connectivity index (χ0v) is 14.4. The molecule has 0 amide bonds. The van der Waals surface area contributed by atoms with Crippen molar-refractivity contribution < 1.29 is 18.4 Å². The second-order valence-electron chi connectivity index (χ2n) is 4.90. The number of nitrogens with zero attached hydrogens (tertiary/aromatic N) is 2. The molecule has 0 N–H and O–H groups in total. The number of benzene rings is 2. The molecule has 0 spiro atoms. The number of rotatable bonds is 6. The van der Waals surface area contributed by atoms with E-state index in [0.717, 1.165) is 17.3 Å². The average Bonchev–Trinajstić information content (AvgIpc) is 3.09. The van der Waals surface area contributed by atoms with Crippen molar-refractivity contribution >= 4 is 29.3 Å². The Morgan fingerprint density at radius 1 is 1.20 bits per heavy atom. The van der Waals surface area contributed by atoms with Crippen LogP contribution < -0.4 is 0 Å². The number of aromatic nitrogens is 2. The third-order valence-electron chi connectivity index (χ3n) is 3.11. The number of hydrogen-bond donors (Lipinski definition) is 0. The maximum Gasteiger partial charge on any atom is 0.316 e. The Morgan fingerprint density at radius 3 is 2.72 bits per heavy atom. The fourth-order valence-electron chi connectivity index (χ4n) is 1.91. The van der Waals surface area contributed by atoms with Crippen LogP contribution in [0, 0.1) is 5.82 Å². The van der Waals surface area contributed by atoms with E-state index in [1.54, 1.807) is 42.5 Å². The predicted molar refractivity (Wildman–Crippen MR) is 91.7 cm³/mol. The second kappa shape index (κ2) is 8.13. The van der Waals surface area contributed by atoms with Crippen LogP contribution in [0.5, 0.6) is 0 Å². The van der Waals surface area contributed by atoms with Gasteiger partial charge in [-0.05, 0) is 36.4 Å². The molecule has 0 atom stereocenters. The van der Waals surface area contributed by atoms with Gasteiger partial charge in [0.05, 0.1) is 5.75 Å². The van der Waals surface area contributed by atoms with Gasteiger partial charge in [-0.3, -0.25) is 4.79 Å². The molecular weight excluding hydrogens is 367 g/mol. The molecule has 3 rings (SSSR count). The van der Waals surface area contributed by atoms with E-state index < -0.39 is 5.97 Å². The van der Waals surface area contributed by atoms with Gasteiger partial charge >= 0.3 is 5.97 Å². The van der Waals surface area contributed by atoms with Crippen molar-refractivity contribution in [2.45, 2.75) is 11.5 Å². The molecule has 0 fully saturated rings. The molecule has 0 saturated carbocycles. The van der Waals surface area contributed by atoms with E-state index in [1.165, 1.54) is 6.07 Å². The molecule has 2 aromatic carbocycles. The fraction of sp³-hybridized carbons (Fsp3) is 0.118. The van der Waals surface area contributed by atoms with Crippen LogP contribution in [0.1, 0.15) is 5.89 Å². The Balaban J connectivity index is 1.51. The van der Waals surface area contributed by atoms with Crippen molar-refractivity contribution in [3.05, 3.63) is 65.3 Å². The number of halogens is 2. The molecule has 0 aliphatic carbocycles. The predicted octanol–water partition coefficient (Wildman–Crippen LogP) is 4.36. The van der Waals surface area contributed by atoms with Crippen LogP contribution in [-0.4, -0.2) is 21.9 Å². The highest BCUT2D eigenvalue weighted by Gasteiger charge is 2.12. The van der Waals surface area contributed by atoms with E-state index in [2.05, 4.69) is 10.1 Å². The Hall–Kier alpha value is -2.38. The summed E-state index contributed by atoms with van der Waals surface area (Å²) in [5, 5.41) is 4.43. The highest BCUT2D eigenvalue weighted by molar-refractivity contribution is 8.00. The first-order chi connectivity index (χ1) is 12.1. The van der Waals surface area contributed by atoms with Crippen molar-refractivity contribution in [2.24, 2.45) is 0 Å². The molecule has 1 heterocycles. The molecule has 0 radical (unpaired) electrons. The standard InChI is InChI=1S/C17H12ClFN2O3S/c18-12-7-5-11(6-8-12)17-20-15(24-21-17)9-23-16(22)10-25-14-4-2-1-3-13(14)19/h1-8H,9-10H2. The Bertz CT molecular complexity index is 870. The number of thioether (sulfide) groups is 1. The Kier molecular flexibility index (Phi) is 5.67. The third kappa shape index (κ3) is 4.80. The van der Waals surface area contributed by atoms with E-state index in [9.17, 15) is 9.18 Å². The lowest BCUT2D eigenvalue weighted by Crippen LogP contribution is -2.07. The first-order valence-electron chi connectivity index (χ1n) is 7.23. The maximum atomic E-state index is 13.5. The first kappa shape index (κ1) is 17.4. The van der Waals surface area contributed by atoms with Crippen LogP contribution in [0.15, 0.2) is 57.9 Å². The maximum absolute atomic E-state index is 13.5. The van der Waals surface area contributed by atoms with Crippen LogP contribution in [0.3, 0.4) is 0 Å². The van der Waals surface area contributed by atoms with E-state index in [4.69, 9.17) is 20.9 Å². The average molecular weight is 379 g/mol. The quantitative estimate of drug-likeness (QED) is 0.469. The molecule has 0 bridgehead atoms. The molecule has 25 heavy (non-hydrogen) atoms. The molecular formula is C17H12ClFN2O3S. The van der Waals surface area contributed by atoms with Gasteiger partial charge in [-0.2, -0.15) is 4.98 Å². The molecule has 128 valence electrons. The zero-order valence-electron chi connectivity index (χ0n) is 12.8. The van der Waals surface area contributed by atoms with E-state index in [-0.39, 0.29) is 24.1 Å². The van der Waals surface area contributed by atoms with Crippen LogP contribution in [-0.2, 0) is 16.1 Å². The monoisotopic (exact) mass is 378 g/mol. The number of esters is 1. The summed E-state index contributed by atoms with van der Waals surface area (Å²) in [6.45, 7) is -0.142. The number of hydrogen-bond acceptors (Lipinski definition) is 6. The SMILES string of the molecule is O=C(CSc1ccccc1F)OCc1nc(-c2ccc(Cl)cc2)no1. The molecule has 0 aliphatic heterocycles. The lowest BCUT2D eigenvalue weighted by Gasteiger charge is -2.03. The van der Waals surface area contributed by atoms with Gasteiger partial charge in [0.25, 0.3) is 5.89 Å². The summed E-state index contributed by atoms with van der Waals surface area (Å²) in [6, 6.07) is 13.2. The highest BCUT2D eigenvalue weighted by atomic mass is 35.5. The number of carbonyl (C=O) groups is 1. The van der Waals surface area contributed by atoms with Gasteiger partial charge < -0.3 is 9.26 Å². The highest BCUT2D eigenvalue weighted by Crippen LogP contribution is 2.22. The van der Waals surface area contributed by atoms with Gasteiger partial charge in [0.2, 0.25) is 5.82 Å². The van der Waals surface area contributed by atoms with Crippen molar-refractivity contribution in [1.29, 1.82) is 0 Å². The van der Waals surface area contributed by atoms with Gasteiger partial charge in [0.1, 0.15) is 5.82 Å². The van der Waals surface area contributed by atoms with E-state index >= 15 is 0 Å². The number of carbonyl (C=O) groups excluding carboxylic acids is 1. The normalized spacial score (nSPS) is 10.6. The van der Waals surface area contributed by atoms with Gasteiger partial charge in [0, 0.05) is 15.5 Å². The summed E-state index contributed by atoms with van der Waals surface area (Å²) in [5.74, 6) is -0.332. The summed E-state index contributed by atoms with van der Waals surface area (Å²) < 4.78 is 23.6. The van der Waals surface area contributed by atoms with Crippen LogP contribution in [0.25, 0.3) is 11.4 Å². The Labute approximate surface area is 152 Å². The summed E-state index contributed by atoms with van der Waals surface area (Å²) >= 11 is 6.89. The minimum atomic E-state index is -0.500. The topological polar surface area (TPSA) is 65.2 Å². The van der Waals surface area contributed by atoms with Gasteiger partial charge in [-0.25, -0.2) is 4.39 Å². The van der Waals surface area contributed by atoms with Crippen molar-refractivity contribution in [1.82, 2.24) is 10.1 Å². The van der Waals surface area contributed by atoms with E-state index in [1.807, 2.05) is 0 Å². The minimum absolute atomic E-state index is 0.0148. The van der Waals surface area contributed by atoms with Crippen molar-refractivity contribution in [3.8, 4) is 11.4 Å². The fourth-order valence-corrected chi connectivity index (χ4v) is 2.78. The molecule has 0 unspecified atom stereocenters. The third-order valence-corrected chi connectivity index (χ3v) is 4.38. The van der Waals surface area contributed by atoms with Crippen molar-refractivity contribution in [2.75, 3.05) is 5.75 Å². The molecule has 3 aromatic rings. The summed E-state index contributed by atoms with van der Waals surface area (Å²) in [5.41, 5.74) is 0.737. The smallest absolute Gasteiger partial charge is 0.316 e. The number of ether oxygens (including phenoxy) is 1. The largest absolute Gasteiger partial charge is 0.455 e. The van der Waals surface area contributed by atoms with Gasteiger partial charge in [-0.1, -0.05) is 28.9 Å². The second-order valence-corrected chi connectivity index (χ2v) is 6.35. The minimum Gasteiger partial charge on any atom is -0.455 e. The summed E-state index contributed by atoms with van der Waals surface area (Å²) in [6.07, 6.45) is 0. The van der Waals surface area contributed by atoms with Gasteiger partial charge in [0.15, 0.2) is 6.61 Å². The molecule has 0 saturated heterocycles. The summed E-state index contributed by atoms with van der Waals surface area (Å²) in [7, 11) is 0. The molecule has 1 aromatic heterocycles. The van der Waals surface area contributed by atoms with Crippen molar-refractivity contribution in [3.63, 3.8) is 0 Å². The first-order valence-corrected chi connectivity index (χ1v) is 8.59. The molecule has 0 aliphatic rings. The van der Waals surface area contributed by atoms with Gasteiger partial charge in [-0.15, -0.1) is 11.8 Å². The lowest BCUT2D eigenvalue weighted by molar-refractivity contribution is -0.142. The summed E-state index contributed by atoms with van der Waals surface area (Å²) in [4.78, 5) is 16.3.